The molecule has 0 amide bonds. The lowest BCUT2D eigenvalue weighted by molar-refractivity contribution is 0.499. The summed E-state index contributed by atoms with van der Waals surface area (Å²) in [6.07, 6.45) is 0. The predicted molar refractivity (Wildman–Crippen MR) is 83.9 cm³/mol. The van der Waals surface area contributed by atoms with Gasteiger partial charge >= 0.3 is 0 Å². The third-order valence-electron chi connectivity index (χ3n) is 3.15. The van der Waals surface area contributed by atoms with E-state index < -0.39 is 0 Å². The number of thiophene rings is 1. The highest BCUT2D eigenvalue weighted by atomic mass is 32.1. The Morgan fingerprint density at radius 2 is 1.89 bits per heavy atom. The largest absolute Gasteiger partial charge is 0.301 e. The molecule has 0 spiro atoms. The van der Waals surface area contributed by atoms with Gasteiger partial charge < -0.3 is 5.32 Å². The molecule has 0 fully saturated rings. The number of nitrogens with zero attached hydrogens (tertiary/aromatic N) is 1. The van der Waals surface area contributed by atoms with Gasteiger partial charge in [0.2, 0.25) is 0 Å². The molecular weight excluding hydrogens is 272 g/mol. The Bertz CT molecular complexity index is 625. The van der Waals surface area contributed by atoms with E-state index in [1.807, 2.05) is 6.07 Å². The highest BCUT2D eigenvalue weighted by Crippen LogP contribution is 2.28. The highest BCUT2D eigenvalue weighted by Gasteiger charge is 2.15. The first kappa shape index (κ1) is 12.8. The van der Waals surface area contributed by atoms with Gasteiger partial charge in [-0.2, -0.15) is 0 Å². The molecule has 1 aromatic carbocycles. The lowest BCUT2D eigenvalue weighted by atomic mass is 10.2. The number of thiazole rings is 1. The number of rotatable bonds is 4. The van der Waals surface area contributed by atoms with E-state index in [2.05, 4.69) is 54.9 Å². The standard InChI is InChI=1S/C15H16N2S2/c1-10(13-8-5-9-18-13)16-11(2)15-17-12-6-3-4-7-14(12)19-15/h3-11,16H,1-2H3. The Labute approximate surface area is 121 Å². The minimum Gasteiger partial charge on any atom is -0.301 e. The Morgan fingerprint density at radius 1 is 1.05 bits per heavy atom. The molecule has 3 rings (SSSR count). The maximum atomic E-state index is 4.71. The van der Waals surface area contributed by atoms with Gasteiger partial charge in [0.15, 0.2) is 0 Å². The monoisotopic (exact) mass is 288 g/mol. The van der Waals surface area contributed by atoms with Crippen LogP contribution in [0.1, 0.15) is 35.8 Å². The smallest absolute Gasteiger partial charge is 0.111 e. The van der Waals surface area contributed by atoms with Crippen molar-refractivity contribution < 1.29 is 0 Å². The molecule has 98 valence electrons. The van der Waals surface area contributed by atoms with Crippen molar-refractivity contribution >= 4 is 32.9 Å². The fraction of sp³-hybridized carbons (Fsp3) is 0.267. The van der Waals surface area contributed by atoms with Gasteiger partial charge in [0.1, 0.15) is 5.01 Å². The van der Waals surface area contributed by atoms with E-state index in [1.165, 1.54) is 9.58 Å². The van der Waals surface area contributed by atoms with Crippen molar-refractivity contribution in [1.82, 2.24) is 10.3 Å². The van der Waals surface area contributed by atoms with E-state index in [0.29, 0.717) is 6.04 Å². The Morgan fingerprint density at radius 3 is 2.63 bits per heavy atom. The zero-order chi connectivity index (χ0) is 13.2. The number of hydrogen-bond donors (Lipinski definition) is 1. The molecule has 2 atom stereocenters. The van der Waals surface area contributed by atoms with Gasteiger partial charge in [-0.15, -0.1) is 22.7 Å². The number of fused-ring (bicyclic) bond motifs is 1. The molecule has 3 aromatic rings. The lowest BCUT2D eigenvalue weighted by Gasteiger charge is -2.17. The average Bonchev–Trinajstić information content (AvgIpc) is 3.07. The fourth-order valence-corrected chi connectivity index (χ4v) is 3.86. The summed E-state index contributed by atoms with van der Waals surface area (Å²) in [5, 5.41) is 6.90. The zero-order valence-electron chi connectivity index (χ0n) is 11.0. The molecule has 0 aliphatic heterocycles. The van der Waals surface area contributed by atoms with Gasteiger partial charge in [0.25, 0.3) is 0 Å². The first-order chi connectivity index (χ1) is 9.24. The summed E-state index contributed by atoms with van der Waals surface area (Å²) < 4.78 is 1.26. The fourth-order valence-electron chi connectivity index (χ4n) is 2.14. The van der Waals surface area contributed by atoms with Crippen molar-refractivity contribution in [2.24, 2.45) is 0 Å². The topological polar surface area (TPSA) is 24.9 Å². The van der Waals surface area contributed by atoms with Crippen LogP contribution >= 0.6 is 22.7 Å². The van der Waals surface area contributed by atoms with Crippen LogP contribution in [0.3, 0.4) is 0 Å². The first-order valence-corrected chi connectivity index (χ1v) is 8.08. The van der Waals surface area contributed by atoms with Crippen LogP contribution in [0, 0.1) is 0 Å². The second-order valence-electron chi connectivity index (χ2n) is 4.65. The van der Waals surface area contributed by atoms with Crippen molar-refractivity contribution in [3.05, 3.63) is 51.7 Å². The van der Waals surface area contributed by atoms with Crippen LogP contribution < -0.4 is 5.32 Å². The van der Waals surface area contributed by atoms with Crippen LogP contribution in [0.2, 0.25) is 0 Å². The second-order valence-corrected chi connectivity index (χ2v) is 6.69. The Hall–Kier alpha value is -1.23. The van der Waals surface area contributed by atoms with Crippen LogP contribution in [0.5, 0.6) is 0 Å². The van der Waals surface area contributed by atoms with E-state index >= 15 is 0 Å². The van der Waals surface area contributed by atoms with Crippen molar-refractivity contribution in [2.45, 2.75) is 25.9 Å². The molecule has 0 aliphatic carbocycles. The van der Waals surface area contributed by atoms with Gasteiger partial charge in [-0.25, -0.2) is 4.98 Å². The van der Waals surface area contributed by atoms with E-state index in [0.717, 1.165) is 10.5 Å². The molecule has 0 radical (unpaired) electrons. The number of aromatic nitrogens is 1. The molecule has 2 heterocycles. The average molecular weight is 288 g/mol. The molecule has 0 saturated heterocycles. The molecule has 2 aromatic heterocycles. The van der Waals surface area contributed by atoms with Gasteiger partial charge in [-0.05, 0) is 37.4 Å². The quantitative estimate of drug-likeness (QED) is 0.748. The molecule has 0 saturated carbocycles. The van der Waals surface area contributed by atoms with Gasteiger partial charge in [-0.3, -0.25) is 0 Å². The normalized spacial score (nSPS) is 14.6. The summed E-state index contributed by atoms with van der Waals surface area (Å²) in [4.78, 5) is 6.07. The molecule has 2 nitrogen and oxygen atoms in total. The highest BCUT2D eigenvalue weighted by molar-refractivity contribution is 7.18. The molecule has 2 unspecified atom stereocenters. The Balaban J connectivity index is 1.78. The maximum Gasteiger partial charge on any atom is 0.111 e. The van der Waals surface area contributed by atoms with E-state index in [1.54, 1.807) is 22.7 Å². The van der Waals surface area contributed by atoms with Crippen LogP contribution in [0.15, 0.2) is 41.8 Å². The number of benzene rings is 1. The number of para-hydroxylation sites is 1. The van der Waals surface area contributed by atoms with Crippen molar-refractivity contribution in [3.8, 4) is 0 Å². The molecular formula is C15H16N2S2. The number of hydrogen-bond acceptors (Lipinski definition) is 4. The van der Waals surface area contributed by atoms with E-state index in [4.69, 9.17) is 4.98 Å². The minimum atomic E-state index is 0.273. The summed E-state index contributed by atoms with van der Waals surface area (Å²) in [5.74, 6) is 0. The molecule has 1 N–H and O–H groups in total. The van der Waals surface area contributed by atoms with E-state index in [-0.39, 0.29) is 6.04 Å². The summed E-state index contributed by atoms with van der Waals surface area (Å²) in [5.41, 5.74) is 1.10. The van der Waals surface area contributed by atoms with Crippen LogP contribution in [-0.2, 0) is 0 Å². The van der Waals surface area contributed by atoms with E-state index in [9.17, 15) is 0 Å². The minimum absolute atomic E-state index is 0.273. The van der Waals surface area contributed by atoms with Gasteiger partial charge in [0.05, 0.1) is 16.3 Å². The molecule has 19 heavy (non-hydrogen) atoms. The van der Waals surface area contributed by atoms with Gasteiger partial charge in [0, 0.05) is 10.9 Å². The molecule has 0 aliphatic rings. The lowest BCUT2D eigenvalue weighted by Crippen LogP contribution is -2.21. The van der Waals surface area contributed by atoms with Crippen LogP contribution in [0.4, 0.5) is 0 Å². The van der Waals surface area contributed by atoms with Crippen LogP contribution in [-0.4, -0.2) is 4.98 Å². The third kappa shape index (κ3) is 2.71. The summed E-state index contributed by atoms with van der Waals surface area (Å²) in [6.45, 7) is 4.39. The second kappa shape index (κ2) is 5.41. The maximum absolute atomic E-state index is 4.71. The molecule has 4 heteroatoms. The Kier molecular flexibility index (Phi) is 3.64. The first-order valence-electron chi connectivity index (χ1n) is 6.39. The van der Waals surface area contributed by atoms with Crippen molar-refractivity contribution in [2.75, 3.05) is 0 Å². The summed E-state index contributed by atoms with van der Waals surface area (Å²) in [6, 6.07) is 13.2. The van der Waals surface area contributed by atoms with Crippen molar-refractivity contribution in [1.29, 1.82) is 0 Å². The third-order valence-corrected chi connectivity index (χ3v) is 5.42. The zero-order valence-corrected chi connectivity index (χ0v) is 12.6. The SMILES string of the molecule is CC(NC(C)c1nc2ccccc2s1)c1cccs1. The van der Waals surface area contributed by atoms with Crippen LogP contribution in [0.25, 0.3) is 10.2 Å². The molecule has 0 bridgehead atoms. The van der Waals surface area contributed by atoms with Gasteiger partial charge in [-0.1, -0.05) is 18.2 Å². The summed E-state index contributed by atoms with van der Waals surface area (Å²) >= 11 is 3.57. The summed E-state index contributed by atoms with van der Waals surface area (Å²) in [7, 11) is 0. The van der Waals surface area contributed by atoms with Crippen molar-refractivity contribution in [3.63, 3.8) is 0 Å². The predicted octanol–water partition coefficient (Wildman–Crippen LogP) is 4.77. The number of nitrogens with one attached hydrogen (secondary N) is 1.